The van der Waals surface area contributed by atoms with Crippen LogP contribution in [0.4, 0.5) is 11.4 Å². The number of hydrogen-bond donors (Lipinski definition) is 2. The van der Waals surface area contributed by atoms with E-state index in [0.29, 0.717) is 16.3 Å². The molecule has 0 aliphatic rings. The molecule has 0 unspecified atom stereocenters. The van der Waals surface area contributed by atoms with E-state index in [1.54, 1.807) is 18.2 Å². The monoisotopic (exact) mass is 377 g/mol. The van der Waals surface area contributed by atoms with Crippen molar-refractivity contribution >= 4 is 44.8 Å². The number of halogens is 2. The molecule has 1 amide bonds. The Hall–Kier alpha value is -2.03. The molecule has 2 aromatic carbocycles. The van der Waals surface area contributed by atoms with Crippen molar-refractivity contribution in [2.45, 2.75) is 6.92 Å². The predicted molar refractivity (Wildman–Crippen MR) is 92.2 cm³/mol. The van der Waals surface area contributed by atoms with Crippen LogP contribution in [-0.4, -0.2) is 12.5 Å². The first kappa shape index (κ1) is 16.3. The van der Waals surface area contributed by atoms with Crippen molar-refractivity contribution in [3.05, 3.63) is 57.0 Å². The maximum absolute atomic E-state index is 12.0. The van der Waals surface area contributed by atoms with Gasteiger partial charge >= 0.3 is 0 Å². The lowest BCUT2D eigenvalue weighted by Crippen LogP contribution is -2.22. The molecule has 0 saturated heterocycles. The summed E-state index contributed by atoms with van der Waals surface area (Å²) in [6.45, 7) is 2.07. The largest absolute Gasteiger partial charge is 0.376 e. The minimum absolute atomic E-state index is 0.0957. The fourth-order valence-corrected chi connectivity index (χ4v) is 2.27. The third-order valence-corrected chi connectivity index (χ3v) is 4.11. The summed E-state index contributed by atoms with van der Waals surface area (Å²) in [4.78, 5) is 12.0. The minimum atomic E-state index is -0.251. The van der Waals surface area contributed by atoms with Crippen molar-refractivity contribution in [3.63, 3.8) is 0 Å². The Balaban J connectivity index is 2.00. The molecule has 0 aliphatic carbocycles. The molecule has 0 bridgehead atoms. The second kappa shape index (κ2) is 7.30. The van der Waals surface area contributed by atoms with Crippen molar-refractivity contribution in [3.8, 4) is 6.07 Å². The number of carbonyl (C=O) groups excluding carboxylic acids is 1. The summed E-state index contributed by atoms with van der Waals surface area (Å²) in [6, 6.07) is 12.5. The quantitative estimate of drug-likeness (QED) is 0.832. The van der Waals surface area contributed by atoms with Gasteiger partial charge in [0.2, 0.25) is 5.91 Å². The van der Waals surface area contributed by atoms with E-state index in [4.69, 9.17) is 16.9 Å². The molecule has 0 spiro atoms. The van der Waals surface area contributed by atoms with Gasteiger partial charge in [-0.1, -0.05) is 27.5 Å². The molecular formula is C16H13BrClN3O. The van der Waals surface area contributed by atoms with Gasteiger partial charge in [0, 0.05) is 15.2 Å². The maximum Gasteiger partial charge on any atom is 0.243 e. The summed E-state index contributed by atoms with van der Waals surface area (Å²) in [6.07, 6.45) is 0. The fourth-order valence-electron chi connectivity index (χ4n) is 1.85. The van der Waals surface area contributed by atoms with Crippen LogP contribution in [-0.2, 0) is 4.79 Å². The second-order valence-corrected chi connectivity index (χ2v) is 5.96. The van der Waals surface area contributed by atoms with Crippen LogP contribution in [0.25, 0.3) is 0 Å². The van der Waals surface area contributed by atoms with E-state index in [9.17, 15) is 4.79 Å². The topological polar surface area (TPSA) is 64.9 Å². The van der Waals surface area contributed by atoms with Gasteiger partial charge in [-0.3, -0.25) is 4.79 Å². The van der Waals surface area contributed by atoms with Crippen LogP contribution in [0, 0.1) is 18.3 Å². The molecule has 112 valence electrons. The van der Waals surface area contributed by atoms with Crippen molar-refractivity contribution in [1.82, 2.24) is 0 Å². The molecule has 2 N–H and O–H groups in total. The third kappa shape index (κ3) is 4.23. The molecule has 4 nitrogen and oxygen atoms in total. The third-order valence-electron chi connectivity index (χ3n) is 2.99. The molecule has 0 saturated carbocycles. The Morgan fingerprint density at radius 1 is 1.32 bits per heavy atom. The highest BCUT2D eigenvalue weighted by Crippen LogP contribution is 2.21. The predicted octanol–water partition coefficient (Wildman–Crippen LogP) is 4.33. The lowest BCUT2D eigenvalue weighted by Gasteiger charge is -2.10. The van der Waals surface area contributed by atoms with E-state index in [0.717, 1.165) is 15.7 Å². The van der Waals surface area contributed by atoms with E-state index >= 15 is 0 Å². The number of anilines is 2. The minimum Gasteiger partial charge on any atom is -0.376 e. The van der Waals surface area contributed by atoms with E-state index < -0.39 is 0 Å². The highest BCUT2D eigenvalue weighted by Gasteiger charge is 2.08. The average Bonchev–Trinajstić information content (AvgIpc) is 2.49. The van der Waals surface area contributed by atoms with Gasteiger partial charge in [0.15, 0.2) is 0 Å². The number of benzene rings is 2. The first-order valence-corrected chi connectivity index (χ1v) is 7.66. The maximum atomic E-state index is 12.0. The Morgan fingerprint density at radius 2 is 2.09 bits per heavy atom. The highest BCUT2D eigenvalue weighted by molar-refractivity contribution is 9.10. The molecule has 0 radical (unpaired) electrons. The Morgan fingerprint density at radius 3 is 2.77 bits per heavy atom. The van der Waals surface area contributed by atoms with Crippen LogP contribution in [0.3, 0.4) is 0 Å². The first-order chi connectivity index (χ1) is 10.5. The molecule has 0 aliphatic heterocycles. The lowest BCUT2D eigenvalue weighted by molar-refractivity contribution is -0.114. The number of hydrogen-bond acceptors (Lipinski definition) is 3. The number of aryl methyl sites for hydroxylation is 1. The van der Waals surface area contributed by atoms with Gasteiger partial charge in [-0.15, -0.1) is 0 Å². The van der Waals surface area contributed by atoms with E-state index in [-0.39, 0.29) is 12.5 Å². The summed E-state index contributed by atoms with van der Waals surface area (Å²) in [5.74, 6) is -0.251. The molecular weight excluding hydrogens is 366 g/mol. The van der Waals surface area contributed by atoms with Gasteiger partial charge in [-0.2, -0.15) is 5.26 Å². The Bertz CT molecular complexity index is 756. The lowest BCUT2D eigenvalue weighted by atomic mass is 10.2. The summed E-state index contributed by atoms with van der Waals surface area (Å²) in [7, 11) is 0. The van der Waals surface area contributed by atoms with Gasteiger partial charge in [-0.25, -0.2) is 0 Å². The zero-order chi connectivity index (χ0) is 16.1. The van der Waals surface area contributed by atoms with Gasteiger partial charge in [0.05, 0.1) is 17.8 Å². The number of nitrogens with one attached hydrogen (secondary N) is 2. The molecule has 2 aromatic rings. The molecule has 6 heteroatoms. The van der Waals surface area contributed by atoms with E-state index in [1.165, 1.54) is 0 Å². The van der Waals surface area contributed by atoms with E-state index in [2.05, 4.69) is 26.6 Å². The Kier molecular flexibility index (Phi) is 5.42. The normalized spacial score (nSPS) is 9.91. The van der Waals surface area contributed by atoms with Crippen LogP contribution in [0.1, 0.15) is 11.1 Å². The van der Waals surface area contributed by atoms with Crippen LogP contribution in [0.5, 0.6) is 0 Å². The van der Waals surface area contributed by atoms with Gasteiger partial charge in [0.1, 0.15) is 6.07 Å². The number of carbonyl (C=O) groups is 1. The zero-order valence-corrected chi connectivity index (χ0v) is 14.1. The molecule has 0 heterocycles. The van der Waals surface area contributed by atoms with Gasteiger partial charge < -0.3 is 10.6 Å². The van der Waals surface area contributed by atoms with Crippen LogP contribution in [0.15, 0.2) is 40.9 Å². The Labute approximate surface area is 142 Å². The first-order valence-electron chi connectivity index (χ1n) is 6.49. The fraction of sp³-hybridized carbons (Fsp3) is 0.125. The average molecular weight is 379 g/mol. The van der Waals surface area contributed by atoms with Crippen LogP contribution >= 0.6 is 27.5 Å². The number of nitrogens with zero attached hydrogens (tertiary/aromatic N) is 1. The number of nitriles is 1. The SMILES string of the molecule is Cc1cc(NCC(=O)Nc2cc(Cl)ccc2C#N)ccc1Br. The second-order valence-electron chi connectivity index (χ2n) is 4.67. The molecule has 0 atom stereocenters. The smallest absolute Gasteiger partial charge is 0.243 e. The van der Waals surface area contributed by atoms with Crippen LogP contribution in [0.2, 0.25) is 5.02 Å². The molecule has 0 aromatic heterocycles. The van der Waals surface area contributed by atoms with Crippen molar-refractivity contribution in [2.75, 3.05) is 17.2 Å². The van der Waals surface area contributed by atoms with E-state index in [1.807, 2.05) is 31.2 Å². The van der Waals surface area contributed by atoms with Crippen LogP contribution < -0.4 is 10.6 Å². The standard InChI is InChI=1S/C16H13BrClN3O/c1-10-6-13(4-5-14(10)17)20-9-16(22)21-15-7-12(18)3-2-11(15)8-19/h2-7,20H,9H2,1H3,(H,21,22). The van der Waals surface area contributed by atoms with Crippen molar-refractivity contribution in [1.29, 1.82) is 5.26 Å². The zero-order valence-electron chi connectivity index (χ0n) is 11.8. The molecule has 22 heavy (non-hydrogen) atoms. The van der Waals surface area contributed by atoms with Gasteiger partial charge in [-0.05, 0) is 48.9 Å². The van der Waals surface area contributed by atoms with Gasteiger partial charge in [0.25, 0.3) is 0 Å². The van der Waals surface area contributed by atoms with Crippen molar-refractivity contribution in [2.24, 2.45) is 0 Å². The summed E-state index contributed by atoms with van der Waals surface area (Å²) >= 11 is 9.31. The highest BCUT2D eigenvalue weighted by atomic mass is 79.9. The summed E-state index contributed by atoms with van der Waals surface area (Å²) in [5.41, 5.74) is 2.71. The molecule has 0 fully saturated rings. The number of rotatable bonds is 4. The molecule has 2 rings (SSSR count). The summed E-state index contributed by atoms with van der Waals surface area (Å²) < 4.78 is 1.01. The summed E-state index contributed by atoms with van der Waals surface area (Å²) in [5, 5.41) is 15.2. The van der Waals surface area contributed by atoms with Crippen molar-refractivity contribution < 1.29 is 4.79 Å². The number of amides is 1.